The van der Waals surface area contributed by atoms with E-state index in [1.165, 1.54) is 0 Å². The van der Waals surface area contributed by atoms with Crippen molar-refractivity contribution in [3.63, 3.8) is 0 Å². The van der Waals surface area contributed by atoms with Crippen molar-refractivity contribution < 1.29 is 4.74 Å². The maximum Gasteiger partial charge on any atom is 0.0726 e. The number of morpholine rings is 1. The summed E-state index contributed by atoms with van der Waals surface area (Å²) in [6.45, 7) is 6.07. The normalized spacial score (nSPS) is 17.6. The summed E-state index contributed by atoms with van der Waals surface area (Å²) in [6.07, 6.45) is 5.01. The van der Waals surface area contributed by atoms with Gasteiger partial charge in [-0.2, -0.15) is 5.10 Å². The highest BCUT2D eigenvalue weighted by Gasteiger charge is 2.08. The first-order chi connectivity index (χ1) is 7.84. The van der Waals surface area contributed by atoms with Gasteiger partial charge in [0.05, 0.1) is 25.1 Å². The first-order valence-corrected chi connectivity index (χ1v) is 5.87. The van der Waals surface area contributed by atoms with Crippen LogP contribution in [-0.2, 0) is 11.8 Å². The number of rotatable bonds is 5. The van der Waals surface area contributed by atoms with Crippen LogP contribution < -0.4 is 5.32 Å². The Morgan fingerprint density at radius 3 is 2.94 bits per heavy atom. The molecular formula is C11H20N4O. The number of aromatic nitrogens is 2. The average Bonchev–Trinajstić information content (AvgIpc) is 2.72. The molecule has 1 aromatic heterocycles. The van der Waals surface area contributed by atoms with Gasteiger partial charge in [-0.3, -0.25) is 9.58 Å². The molecule has 2 heterocycles. The number of nitrogens with zero attached hydrogens (tertiary/aromatic N) is 3. The average molecular weight is 224 g/mol. The molecule has 0 aliphatic carbocycles. The summed E-state index contributed by atoms with van der Waals surface area (Å²) in [5, 5.41) is 7.48. The smallest absolute Gasteiger partial charge is 0.0726 e. The molecule has 90 valence electrons. The number of aryl methyl sites for hydroxylation is 1. The molecule has 0 unspecified atom stereocenters. The molecule has 0 saturated carbocycles. The Morgan fingerprint density at radius 2 is 2.25 bits per heavy atom. The van der Waals surface area contributed by atoms with Crippen LogP contribution in [0.4, 0.5) is 5.69 Å². The van der Waals surface area contributed by atoms with Gasteiger partial charge in [-0.1, -0.05) is 0 Å². The largest absolute Gasteiger partial charge is 0.382 e. The molecule has 1 fully saturated rings. The van der Waals surface area contributed by atoms with Crippen LogP contribution in [-0.4, -0.2) is 54.1 Å². The molecule has 2 rings (SSSR count). The van der Waals surface area contributed by atoms with Gasteiger partial charge in [0, 0.05) is 32.9 Å². The molecule has 0 atom stereocenters. The predicted molar refractivity (Wildman–Crippen MR) is 63.6 cm³/mol. The van der Waals surface area contributed by atoms with Gasteiger partial charge < -0.3 is 10.1 Å². The Bertz CT molecular complexity index is 307. The maximum atomic E-state index is 5.31. The van der Waals surface area contributed by atoms with Crippen molar-refractivity contribution in [2.75, 3.05) is 44.7 Å². The van der Waals surface area contributed by atoms with E-state index >= 15 is 0 Å². The molecule has 0 aromatic carbocycles. The van der Waals surface area contributed by atoms with E-state index in [9.17, 15) is 0 Å². The van der Waals surface area contributed by atoms with Gasteiger partial charge in [-0.25, -0.2) is 0 Å². The molecule has 1 aliphatic rings. The highest BCUT2D eigenvalue weighted by atomic mass is 16.5. The van der Waals surface area contributed by atoms with E-state index in [1.807, 2.05) is 24.1 Å². The van der Waals surface area contributed by atoms with Gasteiger partial charge >= 0.3 is 0 Å². The lowest BCUT2D eigenvalue weighted by Gasteiger charge is -2.26. The minimum atomic E-state index is 0.885. The standard InChI is InChI=1S/C11H20N4O/c1-14-10-11(9-13-14)12-3-2-4-15-5-7-16-8-6-15/h9-10,12H,2-8H2,1H3. The zero-order valence-corrected chi connectivity index (χ0v) is 9.85. The van der Waals surface area contributed by atoms with E-state index in [-0.39, 0.29) is 0 Å². The molecule has 0 amide bonds. The minimum absolute atomic E-state index is 0.885. The monoisotopic (exact) mass is 224 g/mol. The van der Waals surface area contributed by atoms with Gasteiger partial charge in [-0.15, -0.1) is 0 Å². The number of hydrogen-bond donors (Lipinski definition) is 1. The molecule has 1 saturated heterocycles. The third-order valence-corrected chi connectivity index (χ3v) is 2.79. The third-order valence-electron chi connectivity index (χ3n) is 2.79. The molecular weight excluding hydrogens is 204 g/mol. The van der Waals surface area contributed by atoms with Gasteiger partial charge in [0.15, 0.2) is 0 Å². The van der Waals surface area contributed by atoms with Gasteiger partial charge in [0.25, 0.3) is 0 Å². The summed E-state index contributed by atoms with van der Waals surface area (Å²) < 4.78 is 7.12. The summed E-state index contributed by atoms with van der Waals surface area (Å²) in [4.78, 5) is 2.45. The van der Waals surface area contributed by atoms with Crippen LogP contribution in [0.2, 0.25) is 0 Å². The number of anilines is 1. The van der Waals surface area contributed by atoms with Crippen molar-refractivity contribution in [2.24, 2.45) is 7.05 Å². The molecule has 1 aromatic rings. The second kappa shape index (κ2) is 5.86. The van der Waals surface area contributed by atoms with Crippen molar-refractivity contribution in [1.82, 2.24) is 14.7 Å². The van der Waals surface area contributed by atoms with Crippen molar-refractivity contribution >= 4 is 5.69 Å². The zero-order valence-electron chi connectivity index (χ0n) is 9.85. The fraction of sp³-hybridized carbons (Fsp3) is 0.727. The van der Waals surface area contributed by atoms with Crippen LogP contribution in [0.5, 0.6) is 0 Å². The topological polar surface area (TPSA) is 42.3 Å². The molecule has 5 nitrogen and oxygen atoms in total. The second-order valence-corrected chi connectivity index (χ2v) is 4.14. The van der Waals surface area contributed by atoms with Gasteiger partial charge in [0.1, 0.15) is 0 Å². The summed E-state index contributed by atoms with van der Waals surface area (Å²) in [5.41, 5.74) is 1.10. The Balaban J connectivity index is 1.57. The summed E-state index contributed by atoms with van der Waals surface area (Å²) in [6, 6.07) is 0. The molecule has 1 aliphatic heterocycles. The lowest BCUT2D eigenvalue weighted by molar-refractivity contribution is 0.0378. The fourth-order valence-electron chi connectivity index (χ4n) is 1.87. The number of nitrogens with one attached hydrogen (secondary N) is 1. The summed E-state index contributed by atoms with van der Waals surface area (Å²) in [7, 11) is 1.93. The van der Waals surface area contributed by atoms with Crippen molar-refractivity contribution in [1.29, 1.82) is 0 Å². The zero-order chi connectivity index (χ0) is 11.2. The highest BCUT2D eigenvalue weighted by molar-refractivity contribution is 5.37. The number of ether oxygens (including phenoxy) is 1. The quantitative estimate of drug-likeness (QED) is 0.742. The number of hydrogen-bond acceptors (Lipinski definition) is 4. The maximum absolute atomic E-state index is 5.31. The van der Waals surface area contributed by atoms with Crippen molar-refractivity contribution in [3.8, 4) is 0 Å². The SMILES string of the molecule is Cn1cc(NCCCN2CCOCC2)cn1. The van der Waals surface area contributed by atoms with E-state index in [2.05, 4.69) is 15.3 Å². The van der Waals surface area contributed by atoms with Crippen LogP contribution >= 0.6 is 0 Å². The van der Waals surface area contributed by atoms with E-state index in [0.717, 1.165) is 51.5 Å². The third kappa shape index (κ3) is 3.50. The van der Waals surface area contributed by atoms with Gasteiger partial charge in [-0.05, 0) is 13.0 Å². The van der Waals surface area contributed by atoms with Crippen LogP contribution in [0.25, 0.3) is 0 Å². The molecule has 0 bridgehead atoms. The van der Waals surface area contributed by atoms with Crippen molar-refractivity contribution in [3.05, 3.63) is 12.4 Å². The predicted octanol–water partition coefficient (Wildman–Crippen LogP) is 0.554. The molecule has 16 heavy (non-hydrogen) atoms. The Morgan fingerprint density at radius 1 is 1.44 bits per heavy atom. The molecule has 0 radical (unpaired) electrons. The fourth-order valence-corrected chi connectivity index (χ4v) is 1.87. The Kier molecular flexibility index (Phi) is 4.18. The van der Waals surface area contributed by atoms with Crippen molar-refractivity contribution in [2.45, 2.75) is 6.42 Å². The van der Waals surface area contributed by atoms with E-state index in [0.29, 0.717) is 0 Å². The Labute approximate surface area is 96.4 Å². The van der Waals surface area contributed by atoms with E-state index in [1.54, 1.807) is 0 Å². The van der Waals surface area contributed by atoms with Crippen LogP contribution in [0.15, 0.2) is 12.4 Å². The van der Waals surface area contributed by atoms with Crippen LogP contribution in [0.3, 0.4) is 0 Å². The summed E-state index contributed by atoms with van der Waals surface area (Å²) >= 11 is 0. The second-order valence-electron chi connectivity index (χ2n) is 4.14. The lowest BCUT2D eigenvalue weighted by atomic mass is 10.3. The molecule has 1 N–H and O–H groups in total. The van der Waals surface area contributed by atoms with E-state index < -0.39 is 0 Å². The highest BCUT2D eigenvalue weighted by Crippen LogP contribution is 2.03. The molecule has 5 heteroatoms. The minimum Gasteiger partial charge on any atom is -0.382 e. The first kappa shape index (κ1) is 11.4. The Hall–Kier alpha value is -1.07. The summed E-state index contributed by atoms with van der Waals surface area (Å²) in [5.74, 6) is 0. The lowest BCUT2D eigenvalue weighted by Crippen LogP contribution is -2.37. The molecule has 0 spiro atoms. The van der Waals surface area contributed by atoms with Crippen LogP contribution in [0.1, 0.15) is 6.42 Å². The first-order valence-electron chi connectivity index (χ1n) is 5.87. The van der Waals surface area contributed by atoms with E-state index in [4.69, 9.17) is 4.74 Å². The van der Waals surface area contributed by atoms with Crippen LogP contribution in [0, 0.1) is 0 Å². The van der Waals surface area contributed by atoms with Gasteiger partial charge in [0.2, 0.25) is 0 Å².